The van der Waals surface area contributed by atoms with E-state index < -0.39 is 0 Å². The summed E-state index contributed by atoms with van der Waals surface area (Å²) in [5.74, 6) is 0.921. The van der Waals surface area contributed by atoms with Crippen LogP contribution in [-0.2, 0) is 17.8 Å². The summed E-state index contributed by atoms with van der Waals surface area (Å²) in [7, 11) is 0. The van der Waals surface area contributed by atoms with E-state index in [0.717, 1.165) is 16.9 Å². The van der Waals surface area contributed by atoms with Gasteiger partial charge in [0.1, 0.15) is 5.82 Å². The lowest BCUT2D eigenvalue weighted by molar-refractivity contribution is -0.121. The molecule has 21 heavy (non-hydrogen) atoms. The highest BCUT2D eigenvalue weighted by atomic mass is 16.1. The van der Waals surface area contributed by atoms with Gasteiger partial charge in [-0.25, -0.2) is 4.98 Å². The van der Waals surface area contributed by atoms with Crippen molar-refractivity contribution in [2.45, 2.75) is 19.4 Å². The molecule has 3 rings (SSSR count). The number of nitrogens with one attached hydrogen (secondary N) is 2. The molecule has 6 nitrogen and oxygen atoms in total. The van der Waals surface area contributed by atoms with E-state index in [2.05, 4.69) is 20.4 Å². The van der Waals surface area contributed by atoms with Gasteiger partial charge in [-0.05, 0) is 18.2 Å². The second-order valence-electron chi connectivity index (χ2n) is 4.82. The third-order valence-electron chi connectivity index (χ3n) is 3.25. The van der Waals surface area contributed by atoms with Crippen LogP contribution in [0, 0.1) is 0 Å². The van der Waals surface area contributed by atoms with E-state index in [-0.39, 0.29) is 5.91 Å². The minimum atomic E-state index is 0.0293. The summed E-state index contributed by atoms with van der Waals surface area (Å²) in [4.78, 5) is 19.4. The summed E-state index contributed by atoms with van der Waals surface area (Å²) in [6.07, 6.45) is 4.69. The SMILES string of the molecule is O=C(CCn1cccn1)NCCc1nc2ccccc2[nH]1. The van der Waals surface area contributed by atoms with Crippen molar-refractivity contribution in [3.05, 3.63) is 48.5 Å². The van der Waals surface area contributed by atoms with E-state index in [9.17, 15) is 4.79 Å². The number of amides is 1. The van der Waals surface area contributed by atoms with Crippen molar-refractivity contribution >= 4 is 16.9 Å². The van der Waals surface area contributed by atoms with Gasteiger partial charge in [-0.2, -0.15) is 5.10 Å². The average molecular weight is 283 g/mol. The van der Waals surface area contributed by atoms with Crippen molar-refractivity contribution in [1.29, 1.82) is 0 Å². The number of aryl methyl sites for hydroxylation is 1. The van der Waals surface area contributed by atoms with Crippen molar-refractivity contribution in [2.75, 3.05) is 6.54 Å². The van der Waals surface area contributed by atoms with Crippen molar-refractivity contribution in [3.8, 4) is 0 Å². The number of aromatic nitrogens is 4. The topological polar surface area (TPSA) is 75.6 Å². The lowest BCUT2D eigenvalue weighted by Crippen LogP contribution is -2.26. The van der Waals surface area contributed by atoms with Gasteiger partial charge in [-0.3, -0.25) is 9.48 Å². The number of nitrogens with zero attached hydrogens (tertiary/aromatic N) is 3. The summed E-state index contributed by atoms with van der Waals surface area (Å²) in [6, 6.07) is 9.75. The van der Waals surface area contributed by atoms with Crippen molar-refractivity contribution in [3.63, 3.8) is 0 Å². The average Bonchev–Trinajstić information content (AvgIpc) is 3.14. The van der Waals surface area contributed by atoms with Crippen LogP contribution in [0.25, 0.3) is 11.0 Å². The number of hydrogen-bond donors (Lipinski definition) is 2. The fourth-order valence-corrected chi connectivity index (χ4v) is 2.18. The van der Waals surface area contributed by atoms with Gasteiger partial charge in [-0.15, -0.1) is 0 Å². The predicted octanol–water partition coefficient (Wildman–Crippen LogP) is 1.51. The van der Waals surface area contributed by atoms with Crippen LogP contribution in [0.2, 0.25) is 0 Å². The number of imidazole rings is 1. The van der Waals surface area contributed by atoms with Gasteiger partial charge < -0.3 is 10.3 Å². The molecule has 0 aliphatic carbocycles. The van der Waals surface area contributed by atoms with E-state index in [1.54, 1.807) is 10.9 Å². The van der Waals surface area contributed by atoms with Crippen molar-refractivity contribution in [1.82, 2.24) is 25.1 Å². The molecular formula is C15H17N5O. The number of para-hydroxylation sites is 2. The molecule has 6 heteroatoms. The van der Waals surface area contributed by atoms with E-state index in [0.29, 0.717) is 25.9 Å². The summed E-state index contributed by atoms with van der Waals surface area (Å²) < 4.78 is 1.75. The predicted molar refractivity (Wildman–Crippen MR) is 79.7 cm³/mol. The zero-order valence-corrected chi connectivity index (χ0v) is 11.6. The summed E-state index contributed by atoms with van der Waals surface area (Å²) in [6.45, 7) is 1.18. The number of carbonyl (C=O) groups is 1. The Morgan fingerprint density at radius 2 is 2.19 bits per heavy atom. The van der Waals surface area contributed by atoms with E-state index >= 15 is 0 Å². The van der Waals surface area contributed by atoms with Crippen LogP contribution < -0.4 is 5.32 Å². The van der Waals surface area contributed by atoms with Crippen molar-refractivity contribution < 1.29 is 4.79 Å². The highest BCUT2D eigenvalue weighted by Gasteiger charge is 2.04. The lowest BCUT2D eigenvalue weighted by Gasteiger charge is -2.04. The van der Waals surface area contributed by atoms with Crippen LogP contribution in [0.5, 0.6) is 0 Å². The third kappa shape index (κ3) is 3.47. The Kier molecular flexibility index (Phi) is 3.95. The van der Waals surface area contributed by atoms with Gasteiger partial charge in [0.2, 0.25) is 5.91 Å². The quantitative estimate of drug-likeness (QED) is 0.720. The van der Waals surface area contributed by atoms with Crippen LogP contribution in [0.15, 0.2) is 42.7 Å². The van der Waals surface area contributed by atoms with Crippen LogP contribution in [0.4, 0.5) is 0 Å². The van der Waals surface area contributed by atoms with Gasteiger partial charge in [0.25, 0.3) is 0 Å². The largest absolute Gasteiger partial charge is 0.356 e. The molecule has 0 radical (unpaired) electrons. The van der Waals surface area contributed by atoms with Gasteiger partial charge in [0.05, 0.1) is 11.0 Å². The highest BCUT2D eigenvalue weighted by molar-refractivity contribution is 5.76. The molecule has 2 aromatic heterocycles. The normalized spacial score (nSPS) is 10.9. The maximum atomic E-state index is 11.7. The Morgan fingerprint density at radius 3 is 3.00 bits per heavy atom. The van der Waals surface area contributed by atoms with Crippen LogP contribution in [0.3, 0.4) is 0 Å². The van der Waals surface area contributed by atoms with E-state index in [4.69, 9.17) is 0 Å². The Bertz CT molecular complexity index is 684. The van der Waals surface area contributed by atoms with Gasteiger partial charge >= 0.3 is 0 Å². The summed E-state index contributed by atoms with van der Waals surface area (Å²) >= 11 is 0. The number of hydrogen-bond acceptors (Lipinski definition) is 3. The molecule has 2 heterocycles. The third-order valence-corrected chi connectivity index (χ3v) is 3.25. The number of aromatic amines is 1. The zero-order valence-electron chi connectivity index (χ0n) is 11.6. The Labute approximate surface area is 122 Å². The number of fused-ring (bicyclic) bond motifs is 1. The molecule has 0 aliphatic heterocycles. The Morgan fingerprint density at radius 1 is 1.29 bits per heavy atom. The Balaban J connectivity index is 1.44. The van der Waals surface area contributed by atoms with Crippen LogP contribution in [0.1, 0.15) is 12.2 Å². The molecule has 0 bridgehead atoms. The van der Waals surface area contributed by atoms with Gasteiger partial charge in [0.15, 0.2) is 0 Å². The molecule has 1 amide bonds. The molecule has 0 saturated heterocycles. The summed E-state index contributed by atoms with van der Waals surface area (Å²) in [5.41, 5.74) is 1.98. The molecule has 1 aromatic carbocycles. The molecule has 0 spiro atoms. The van der Waals surface area contributed by atoms with Crippen molar-refractivity contribution in [2.24, 2.45) is 0 Å². The summed E-state index contributed by atoms with van der Waals surface area (Å²) in [5, 5.41) is 6.96. The minimum Gasteiger partial charge on any atom is -0.356 e. The molecule has 0 atom stereocenters. The van der Waals surface area contributed by atoms with Crippen LogP contribution in [-0.4, -0.2) is 32.2 Å². The first-order chi connectivity index (χ1) is 10.3. The van der Waals surface area contributed by atoms with E-state index in [1.165, 1.54) is 0 Å². The first-order valence-corrected chi connectivity index (χ1v) is 6.99. The molecule has 0 saturated carbocycles. The highest BCUT2D eigenvalue weighted by Crippen LogP contribution is 2.10. The second-order valence-corrected chi connectivity index (χ2v) is 4.82. The molecule has 0 unspecified atom stereocenters. The molecule has 2 N–H and O–H groups in total. The fraction of sp³-hybridized carbons (Fsp3) is 0.267. The molecule has 0 aliphatic rings. The maximum Gasteiger partial charge on any atom is 0.221 e. The maximum absolute atomic E-state index is 11.7. The number of H-pyrrole nitrogens is 1. The van der Waals surface area contributed by atoms with Gasteiger partial charge in [0, 0.05) is 38.3 Å². The molecule has 3 aromatic rings. The lowest BCUT2D eigenvalue weighted by atomic mass is 10.3. The molecular weight excluding hydrogens is 266 g/mol. The van der Waals surface area contributed by atoms with E-state index in [1.807, 2.05) is 36.5 Å². The first-order valence-electron chi connectivity index (χ1n) is 6.99. The Hall–Kier alpha value is -2.63. The number of benzene rings is 1. The standard InChI is InChI=1S/C15H17N5O/c21-15(7-11-20-10-3-8-17-20)16-9-6-14-18-12-4-1-2-5-13(12)19-14/h1-5,8,10H,6-7,9,11H2,(H,16,21)(H,18,19). The second kappa shape index (κ2) is 6.21. The smallest absolute Gasteiger partial charge is 0.221 e. The van der Waals surface area contributed by atoms with Crippen LogP contribution >= 0.6 is 0 Å². The monoisotopic (exact) mass is 283 g/mol. The molecule has 0 fully saturated rings. The fourth-order valence-electron chi connectivity index (χ4n) is 2.18. The zero-order chi connectivity index (χ0) is 14.5. The molecule has 108 valence electrons. The number of carbonyl (C=O) groups excluding carboxylic acids is 1. The van der Waals surface area contributed by atoms with Gasteiger partial charge in [-0.1, -0.05) is 12.1 Å². The first kappa shape index (κ1) is 13.4. The number of rotatable bonds is 6. The minimum absolute atomic E-state index is 0.0293.